The Kier molecular flexibility index (Phi) is 4.24. The van der Waals surface area contributed by atoms with E-state index in [0.29, 0.717) is 19.5 Å². The van der Waals surface area contributed by atoms with Crippen molar-refractivity contribution in [1.29, 1.82) is 0 Å². The van der Waals surface area contributed by atoms with Gasteiger partial charge in [-0.15, -0.1) is 0 Å². The molecule has 1 N–H and O–H groups in total. The molecule has 1 saturated heterocycles. The lowest BCUT2D eigenvalue weighted by molar-refractivity contribution is -0.141. The van der Waals surface area contributed by atoms with E-state index in [-0.39, 0.29) is 17.5 Å². The van der Waals surface area contributed by atoms with E-state index in [9.17, 15) is 9.59 Å². The highest BCUT2D eigenvalue weighted by Crippen LogP contribution is 2.25. The molecule has 0 aromatic heterocycles. The van der Waals surface area contributed by atoms with Crippen molar-refractivity contribution in [2.24, 2.45) is 11.3 Å². The van der Waals surface area contributed by atoms with Crippen molar-refractivity contribution < 1.29 is 14.7 Å². The molecule has 0 bridgehead atoms. The molecule has 1 fully saturated rings. The summed E-state index contributed by atoms with van der Waals surface area (Å²) in [6.07, 6.45) is 0.554. The van der Waals surface area contributed by atoms with Crippen LogP contribution in [-0.2, 0) is 4.79 Å². The second kappa shape index (κ2) is 5.16. The quantitative estimate of drug-likeness (QED) is 0.820. The summed E-state index contributed by atoms with van der Waals surface area (Å²) in [5.74, 6) is -1.22. The average molecular weight is 256 g/mol. The van der Waals surface area contributed by atoms with Crippen molar-refractivity contribution in [2.45, 2.75) is 40.2 Å². The lowest BCUT2D eigenvalue weighted by Gasteiger charge is -2.37. The zero-order valence-electron chi connectivity index (χ0n) is 11.9. The molecule has 0 spiro atoms. The molecule has 0 aliphatic carbocycles. The van der Waals surface area contributed by atoms with Gasteiger partial charge in [0.25, 0.3) is 0 Å². The SMILES string of the molecule is CC(N(C)C(=O)N1CCC(C(=O)O)C1)C(C)(C)C. The van der Waals surface area contributed by atoms with Gasteiger partial charge in [-0.3, -0.25) is 4.79 Å². The zero-order chi connectivity index (χ0) is 14.1. The van der Waals surface area contributed by atoms with Gasteiger partial charge in [0.05, 0.1) is 5.92 Å². The van der Waals surface area contributed by atoms with Crippen LogP contribution in [0.3, 0.4) is 0 Å². The molecule has 1 aliphatic rings. The lowest BCUT2D eigenvalue weighted by Crippen LogP contribution is -2.48. The Morgan fingerprint density at radius 2 is 1.94 bits per heavy atom. The number of hydrogen-bond acceptors (Lipinski definition) is 2. The van der Waals surface area contributed by atoms with E-state index in [4.69, 9.17) is 5.11 Å². The van der Waals surface area contributed by atoms with Crippen LogP contribution in [0.15, 0.2) is 0 Å². The third-order valence-corrected chi connectivity index (χ3v) is 3.94. The number of aliphatic carboxylic acids is 1. The molecule has 0 radical (unpaired) electrons. The van der Waals surface area contributed by atoms with Crippen LogP contribution in [0, 0.1) is 11.3 Å². The van der Waals surface area contributed by atoms with Gasteiger partial charge in [0, 0.05) is 26.2 Å². The van der Waals surface area contributed by atoms with Gasteiger partial charge in [0.1, 0.15) is 0 Å². The van der Waals surface area contributed by atoms with Gasteiger partial charge >= 0.3 is 12.0 Å². The van der Waals surface area contributed by atoms with Crippen molar-refractivity contribution in [1.82, 2.24) is 9.80 Å². The van der Waals surface area contributed by atoms with Crippen LogP contribution in [0.2, 0.25) is 0 Å². The maximum atomic E-state index is 12.3. The number of rotatable bonds is 2. The summed E-state index contributed by atoms with van der Waals surface area (Å²) in [4.78, 5) is 26.5. The fraction of sp³-hybridized carbons (Fsp3) is 0.846. The monoisotopic (exact) mass is 256 g/mol. The lowest BCUT2D eigenvalue weighted by atomic mass is 9.87. The Bertz CT molecular complexity index is 336. The molecule has 0 saturated carbocycles. The summed E-state index contributed by atoms with van der Waals surface area (Å²) in [7, 11) is 1.78. The predicted molar refractivity (Wildman–Crippen MR) is 69.4 cm³/mol. The molecule has 5 heteroatoms. The number of carbonyl (C=O) groups excluding carboxylic acids is 1. The smallest absolute Gasteiger partial charge is 0.320 e. The molecule has 0 aromatic rings. The van der Waals surface area contributed by atoms with Gasteiger partial charge in [-0.25, -0.2) is 4.79 Å². The normalized spacial score (nSPS) is 21.8. The summed E-state index contributed by atoms with van der Waals surface area (Å²) >= 11 is 0. The predicted octanol–water partition coefficient (Wildman–Crippen LogP) is 1.88. The van der Waals surface area contributed by atoms with E-state index in [1.807, 2.05) is 6.92 Å². The molecule has 2 amide bonds. The topological polar surface area (TPSA) is 60.9 Å². The average Bonchev–Trinajstić information content (AvgIpc) is 2.74. The van der Waals surface area contributed by atoms with Crippen LogP contribution < -0.4 is 0 Å². The molecular formula is C13H24N2O3. The van der Waals surface area contributed by atoms with Crippen LogP contribution >= 0.6 is 0 Å². The summed E-state index contributed by atoms with van der Waals surface area (Å²) in [5, 5.41) is 8.94. The summed E-state index contributed by atoms with van der Waals surface area (Å²) in [6, 6.07) is 0.0371. The van der Waals surface area contributed by atoms with Gasteiger partial charge < -0.3 is 14.9 Å². The number of likely N-dealkylation sites (tertiary alicyclic amines) is 1. The molecule has 104 valence electrons. The molecule has 1 rings (SSSR count). The minimum atomic E-state index is -0.808. The van der Waals surface area contributed by atoms with Gasteiger partial charge in [-0.05, 0) is 18.8 Å². The number of carbonyl (C=O) groups is 2. The second-order valence-corrected chi connectivity index (χ2v) is 6.21. The Labute approximate surface area is 109 Å². The molecule has 0 aromatic carbocycles. The number of hydrogen-bond donors (Lipinski definition) is 1. The second-order valence-electron chi connectivity index (χ2n) is 6.21. The Morgan fingerprint density at radius 1 is 1.39 bits per heavy atom. The van der Waals surface area contributed by atoms with Crippen LogP contribution in [0.5, 0.6) is 0 Å². The summed E-state index contributed by atoms with van der Waals surface area (Å²) in [6.45, 7) is 9.15. The van der Waals surface area contributed by atoms with E-state index >= 15 is 0 Å². The minimum absolute atomic E-state index is 0.0103. The standard InChI is InChI=1S/C13H24N2O3/c1-9(13(2,3)4)14(5)12(18)15-7-6-10(8-15)11(16)17/h9-10H,6-8H2,1-5H3,(H,16,17). The van der Waals surface area contributed by atoms with E-state index in [1.165, 1.54) is 0 Å². The highest BCUT2D eigenvalue weighted by Gasteiger charge is 2.35. The van der Waals surface area contributed by atoms with E-state index in [0.717, 1.165) is 0 Å². The van der Waals surface area contributed by atoms with Crippen molar-refractivity contribution in [3.8, 4) is 0 Å². The van der Waals surface area contributed by atoms with Crippen molar-refractivity contribution in [2.75, 3.05) is 20.1 Å². The van der Waals surface area contributed by atoms with Crippen molar-refractivity contribution in [3.63, 3.8) is 0 Å². The number of carboxylic acids is 1. The van der Waals surface area contributed by atoms with E-state index < -0.39 is 11.9 Å². The molecule has 5 nitrogen and oxygen atoms in total. The summed E-state index contributed by atoms with van der Waals surface area (Å²) in [5.41, 5.74) is 0.0103. The molecule has 2 unspecified atom stereocenters. The van der Waals surface area contributed by atoms with Gasteiger partial charge in [-0.2, -0.15) is 0 Å². The van der Waals surface area contributed by atoms with Crippen LogP contribution in [-0.4, -0.2) is 53.1 Å². The van der Waals surface area contributed by atoms with Crippen LogP contribution in [0.25, 0.3) is 0 Å². The van der Waals surface area contributed by atoms with Gasteiger partial charge in [0.2, 0.25) is 0 Å². The highest BCUT2D eigenvalue weighted by molar-refractivity contribution is 5.77. The first kappa shape index (κ1) is 14.8. The van der Waals surface area contributed by atoms with Gasteiger partial charge in [-0.1, -0.05) is 20.8 Å². The Hall–Kier alpha value is -1.26. The number of carboxylic acid groups (broad SMARTS) is 1. The molecular weight excluding hydrogens is 232 g/mol. The van der Waals surface area contributed by atoms with Crippen LogP contribution in [0.1, 0.15) is 34.1 Å². The third-order valence-electron chi connectivity index (χ3n) is 3.94. The minimum Gasteiger partial charge on any atom is -0.481 e. The molecule has 1 aliphatic heterocycles. The maximum Gasteiger partial charge on any atom is 0.320 e. The Balaban J connectivity index is 2.64. The number of nitrogens with zero attached hydrogens (tertiary/aromatic N) is 2. The first-order valence-corrected chi connectivity index (χ1v) is 6.39. The highest BCUT2D eigenvalue weighted by atomic mass is 16.4. The first-order chi connectivity index (χ1) is 8.14. The van der Waals surface area contributed by atoms with E-state index in [2.05, 4.69) is 20.8 Å². The largest absolute Gasteiger partial charge is 0.481 e. The fourth-order valence-electron chi connectivity index (χ4n) is 2.11. The van der Waals surface area contributed by atoms with Crippen LogP contribution in [0.4, 0.5) is 4.79 Å². The number of amides is 2. The molecule has 2 atom stereocenters. The van der Waals surface area contributed by atoms with E-state index in [1.54, 1.807) is 16.8 Å². The first-order valence-electron chi connectivity index (χ1n) is 6.39. The molecule has 18 heavy (non-hydrogen) atoms. The van der Waals surface area contributed by atoms with Crippen molar-refractivity contribution in [3.05, 3.63) is 0 Å². The van der Waals surface area contributed by atoms with Gasteiger partial charge in [0.15, 0.2) is 0 Å². The summed E-state index contributed by atoms with van der Waals surface area (Å²) < 4.78 is 0. The zero-order valence-corrected chi connectivity index (χ0v) is 11.9. The molecule has 1 heterocycles. The Morgan fingerprint density at radius 3 is 2.33 bits per heavy atom. The van der Waals surface area contributed by atoms with Crippen molar-refractivity contribution >= 4 is 12.0 Å². The maximum absolute atomic E-state index is 12.3. The third kappa shape index (κ3) is 3.15. The number of urea groups is 1. The fourth-order valence-corrected chi connectivity index (χ4v) is 2.11.